The highest BCUT2D eigenvalue weighted by Gasteiger charge is 2.55. The van der Waals surface area contributed by atoms with Crippen LogP contribution in [-0.2, 0) is 21.5 Å². The Morgan fingerprint density at radius 3 is 2.56 bits per heavy atom. The van der Waals surface area contributed by atoms with E-state index >= 15 is 0 Å². The van der Waals surface area contributed by atoms with Gasteiger partial charge >= 0.3 is 6.03 Å². The minimum absolute atomic E-state index is 0.242. The number of para-hydroxylation sites is 1. The smallest absolute Gasteiger partial charge is 0.325 e. The first-order valence-electron chi connectivity index (χ1n) is 11.0. The molecule has 0 aliphatic carbocycles. The Bertz CT molecular complexity index is 1030. The number of fused-ring (bicyclic) bond motifs is 2. The molecule has 32 heavy (non-hydrogen) atoms. The van der Waals surface area contributed by atoms with Crippen LogP contribution in [0.3, 0.4) is 0 Å². The fraction of sp³-hybridized carbons (Fsp3) is 0.400. The molecule has 7 nitrogen and oxygen atoms in total. The van der Waals surface area contributed by atoms with Gasteiger partial charge in [-0.15, -0.1) is 0 Å². The van der Waals surface area contributed by atoms with Crippen molar-refractivity contribution in [3.05, 3.63) is 65.2 Å². The van der Waals surface area contributed by atoms with Crippen LogP contribution in [0.4, 0.5) is 4.79 Å². The molecule has 2 heterocycles. The monoisotopic (exact) mass is 435 g/mol. The van der Waals surface area contributed by atoms with Gasteiger partial charge in [-0.2, -0.15) is 0 Å². The first-order chi connectivity index (χ1) is 15.3. The average molecular weight is 436 g/mol. The van der Waals surface area contributed by atoms with Gasteiger partial charge in [-0.25, -0.2) is 4.79 Å². The quantitative estimate of drug-likeness (QED) is 0.682. The number of rotatable bonds is 6. The molecule has 4 amide bonds. The Morgan fingerprint density at radius 1 is 1.12 bits per heavy atom. The normalized spacial score (nSPS) is 20.7. The Labute approximate surface area is 188 Å². The van der Waals surface area contributed by atoms with Crippen molar-refractivity contribution in [3.8, 4) is 5.75 Å². The number of urea groups is 1. The van der Waals surface area contributed by atoms with Gasteiger partial charge in [-0.1, -0.05) is 56.3 Å². The van der Waals surface area contributed by atoms with E-state index in [9.17, 15) is 14.4 Å². The van der Waals surface area contributed by atoms with Crippen molar-refractivity contribution in [1.82, 2.24) is 15.5 Å². The van der Waals surface area contributed by atoms with Crippen LogP contribution in [-0.4, -0.2) is 35.9 Å². The van der Waals surface area contributed by atoms with Gasteiger partial charge in [0.15, 0.2) is 5.54 Å². The van der Waals surface area contributed by atoms with E-state index < -0.39 is 17.5 Å². The predicted octanol–water partition coefficient (Wildman–Crippen LogP) is 3.29. The summed E-state index contributed by atoms with van der Waals surface area (Å²) < 4.78 is 5.64. The summed E-state index contributed by atoms with van der Waals surface area (Å²) in [5.41, 5.74) is 1.67. The lowest BCUT2D eigenvalue weighted by Crippen LogP contribution is -2.48. The van der Waals surface area contributed by atoms with Crippen molar-refractivity contribution in [3.63, 3.8) is 0 Å². The molecule has 2 aromatic rings. The molecular formula is C25H29N3O4. The number of hydrogen-bond acceptors (Lipinski definition) is 4. The van der Waals surface area contributed by atoms with Crippen molar-refractivity contribution >= 4 is 17.8 Å². The minimum Gasteiger partial charge on any atom is -0.493 e. The van der Waals surface area contributed by atoms with Crippen LogP contribution in [0.1, 0.15) is 49.9 Å². The Morgan fingerprint density at radius 2 is 1.84 bits per heavy atom. The molecule has 4 rings (SSSR count). The topological polar surface area (TPSA) is 87.7 Å². The van der Waals surface area contributed by atoms with Gasteiger partial charge in [0.2, 0.25) is 5.91 Å². The molecule has 2 atom stereocenters. The summed E-state index contributed by atoms with van der Waals surface area (Å²) in [6, 6.07) is 14.5. The third-order valence-electron chi connectivity index (χ3n) is 6.06. The average Bonchev–Trinajstić information content (AvgIpc) is 2.99. The molecule has 0 bridgehead atoms. The van der Waals surface area contributed by atoms with Crippen LogP contribution in [0.25, 0.3) is 0 Å². The molecule has 2 aliphatic heterocycles. The van der Waals surface area contributed by atoms with Gasteiger partial charge in [-0.3, -0.25) is 14.5 Å². The number of nitrogens with one attached hydrogen (secondary N) is 2. The highest BCUT2D eigenvalue weighted by molar-refractivity contribution is 6.09. The molecule has 2 N–H and O–H groups in total. The molecule has 1 fully saturated rings. The highest BCUT2D eigenvalue weighted by atomic mass is 16.5. The number of carbonyl (C=O) groups is 3. The van der Waals surface area contributed by atoms with Crippen LogP contribution in [0.15, 0.2) is 48.5 Å². The summed E-state index contributed by atoms with van der Waals surface area (Å²) in [6.45, 7) is 6.22. The second kappa shape index (κ2) is 8.65. The molecule has 0 aromatic heterocycles. The standard InChI is InChI=1S/C25H29N3O4/c1-16(2)14-18-8-10-19(11-9-18)17(3)26-22(29)15-28-23(30)25(27-24(28)31)12-13-32-21-7-5-4-6-20(21)25/h4-11,16-17H,12-15H2,1-3H3,(H,26,29)(H,27,31). The van der Waals surface area contributed by atoms with E-state index in [1.54, 1.807) is 18.2 Å². The summed E-state index contributed by atoms with van der Waals surface area (Å²) in [5.74, 6) is 0.352. The van der Waals surface area contributed by atoms with Gasteiger partial charge in [0.1, 0.15) is 12.3 Å². The molecule has 1 spiro atoms. The third-order valence-corrected chi connectivity index (χ3v) is 6.06. The number of benzene rings is 2. The maximum atomic E-state index is 13.3. The fourth-order valence-corrected chi connectivity index (χ4v) is 4.44. The van der Waals surface area contributed by atoms with Gasteiger partial charge in [0.05, 0.1) is 12.6 Å². The first-order valence-corrected chi connectivity index (χ1v) is 11.0. The molecule has 168 valence electrons. The summed E-state index contributed by atoms with van der Waals surface area (Å²) in [7, 11) is 0. The SMILES string of the molecule is CC(C)Cc1ccc(C(C)NC(=O)CN2C(=O)NC3(CCOc4ccccc43)C2=O)cc1. The number of amides is 4. The van der Waals surface area contributed by atoms with Crippen molar-refractivity contribution in [2.75, 3.05) is 13.2 Å². The van der Waals surface area contributed by atoms with Crippen LogP contribution < -0.4 is 15.4 Å². The third kappa shape index (κ3) is 4.07. The lowest BCUT2D eigenvalue weighted by atomic mass is 9.84. The van der Waals surface area contributed by atoms with Gasteiger partial charge in [0, 0.05) is 12.0 Å². The molecule has 0 saturated carbocycles. The number of hydrogen-bond donors (Lipinski definition) is 2. The van der Waals surface area contributed by atoms with E-state index in [0.717, 1.165) is 16.9 Å². The zero-order valence-electron chi connectivity index (χ0n) is 18.7. The van der Waals surface area contributed by atoms with Crippen molar-refractivity contribution < 1.29 is 19.1 Å². The Balaban J connectivity index is 1.43. The number of nitrogens with zero attached hydrogens (tertiary/aromatic N) is 1. The molecule has 2 aromatic carbocycles. The number of carbonyl (C=O) groups excluding carboxylic acids is 3. The Hall–Kier alpha value is -3.35. The largest absolute Gasteiger partial charge is 0.493 e. The summed E-state index contributed by atoms with van der Waals surface area (Å²) in [4.78, 5) is 39.6. The van der Waals surface area contributed by atoms with E-state index in [1.165, 1.54) is 5.56 Å². The zero-order valence-corrected chi connectivity index (χ0v) is 18.7. The second-order valence-electron chi connectivity index (χ2n) is 8.95. The van der Waals surface area contributed by atoms with Crippen molar-refractivity contribution in [2.45, 2.75) is 45.2 Å². The molecule has 2 aliphatic rings. The van der Waals surface area contributed by atoms with Gasteiger partial charge in [0.25, 0.3) is 5.91 Å². The Kier molecular flexibility index (Phi) is 5.91. The lowest BCUT2D eigenvalue weighted by Gasteiger charge is -2.33. The van der Waals surface area contributed by atoms with Crippen LogP contribution in [0, 0.1) is 5.92 Å². The van der Waals surface area contributed by atoms with E-state index in [1.807, 2.05) is 25.1 Å². The van der Waals surface area contributed by atoms with Crippen molar-refractivity contribution in [1.29, 1.82) is 0 Å². The fourth-order valence-electron chi connectivity index (χ4n) is 4.44. The summed E-state index contributed by atoms with van der Waals surface area (Å²) >= 11 is 0. The summed E-state index contributed by atoms with van der Waals surface area (Å²) in [6.07, 6.45) is 1.33. The van der Waals surface area contributed by atoms with Gasteiger partial charge < -0.3 is 15.4 Å². The van der Waals surface area contributed by atoms with E-state index in [4.69, 9.17) is 4.74 Å². The predicted molar refractivity (Wildman–Crippen MR) is 120 cm³/mol. The molecule has 7 heteroatoms. The highest BCUT2D eigenvalue weighted by Crippen LogP contribution is 2.40. The van der Waals surface area contributed by atoms with E-state index in [-0.39, 0.29) is 18.5 Å². The molecule has 2 unspecified atom stereocenters. The molecular weight excluding hydrogens is 406 g/mol. The van der Waals surface area contributed by atoms with Crippen LogP contribution in [0.5, 0.6) is 5.75 Å². The van der Waals surface area contributed by atoms with E-state index in [2.05, 4.69) is 36.6 Å². The summed E-state index contributed by atoms with van der Waals surface area (Å²) in [5, 5.41) is 5.71. The maximum absolute atomic E-state index is 13.3. The number of imide groups is 1. The number of ether oxygens (including phenoxy) is 1. The molecule has 0 radical (unpaired) electrons. The van der Waals surface area contributed by atoms with Gasteiger partial charge in [-0.05, 0) is 36.5 Å². The molecule has 1 saturated heterocycles. The van der Waals surface area contributed by atoms with Crippen LogP contribution in [0.2, 0.25) is 0 Å². The zero-order chi connectivity index (χ0) is 22.9. The van der Waals surface area contributed by atoms with E-state index in [0.29, 0.717) is 30.3 Å². The van der Waals surface area contributed by atoms with Crippen LogP contribution >= 0.6 is 0 Å². The minimum atomic E-state index is -1.18. The first kappa shape index (κ1) is 21.9. The maximum Gasteiger partial charge on any atom is 0.325 e. The second-order valence-corrected chi connectivity index (χ2v) is 8.95. The lowest BCUT2D eigenvalue weighted by molar-refractivity contribution is -0.136. The van der Waals surface area contributed by atoms with Crippen molar-refractivity contribution in [2.24, 2.45) is 5.92 Å².